The number of fused-ring (bicyclic) bond motifs is 1. The van der Waals surface area contributed by atoms with Crippen LogP contribution in [0.25, 0.3) is 0 Å². The first-order chi connectivity index (χ1) is 11.1. The summed E-state index contributed by atoms with van der Waals surface area (Å²) in [4.78, 5) is 0.956. The average Bonchev–Trinajstić information content (AvgIpc) is 3.00. The fourth-order valence-electron chi connectivity index (χ4n) is 3.67. The largest absolute Gasteiger partial charge is 0.399 e. The van der Waals surface area contributed by atoms with Gasteiger partial charge in [0, 0.05) is 20.6 Å². The van der Waals surface area contributed by atoms with Crippen LogP contribution in [0.4, 0.5) is 0 Å². The minimum atomic E-state index is -1.49. The Balaban J connectivity index is 2.33. The van der Waals surface area contributed by atoms with Crippen LogP contribution in [0.1, 0.15) is 30.1 Å². The maximum atomic E-state index is 9.83. The summed E-state index contributed by atoms with van der Waals surface area (Å²) in [7, 11) is 0. The Morgan fingerprint density at radius 3 is 2.61 bits per heavy atom. The predicted octanol–water partition coefficient (Wildman–Crippen LogP) is 4.10. The van der Waals surface area contributed by atoms with Crippen molar-refractivity contribution in [3.8, 4) is 18.2 Å². The summed E-state index contributed by atoms with van der Waals surface area (Å²) in [6, 6.07) is 8.37. The topological polar surface area (TPSA) is 97.4 Å². The first kappa shape index (κ1) is 15.8. The van der Waals surface area contributed by atoms with Crippen molar-refractivity contribution in [3.05, 3.63) is 43.7 Å². The van der Waals surface area contributed by atoms with E-state index in [4.69, 9.17) is 5.73 Å². The van der Waals surface area contributed by atoms with Gasteiger partial charge in [0.2, 0.25) is 0 Å². The number of halogens is 1. The highest BCUT2D eigenvalue weighted by atomic mass is 79.9. The number of hydrogen-bond donors (Lipinski definition) is 1. The SMILES string of the molecule is N#CC1=C(N)C(C#N)(C#N)C(c2cc(Br)cs2)C2CCCC=C12. The van der Waals surface area contributed by atoms with Gasteiger partial charge >= 0.3 is 0 Å². The summed E-state index contributed by atoms with van der Waals surface area (Å²) < 4.78 is 0.928. The van der Waals surface area contributed by atoms with Crippen molar-refractivity contribution in [2.75, 3.05) is 0 Å². The number of rotatable bonds is 1. The van der Waals surface area contributed by atoms with Crippen LogP contribution < -0.4 is 5.73 Å². The van der Waals surface area contributed by atoms with Gasteiger partial charge in [0.15, 0.2) is 5.41 Å². The zero-order valence-electron chi connectivity index (χ0n) is 12.2. The third-order valence-corrected chi connectivity index (χ3v) is 6.47. The van der Waals surface area contributed by atoms with Crippen molar-refractivity contribution >= 4 is 27.3 Å². The molecule has 3 rings (SSSR count). The van der Waals surface area contributed by atoms with Gasteiger partial charge in [-0.2, -0.15) is 15.8 Å². The summed E-state index contributed by atoms with van der Waals surface area (Å²) in [6.07, 6.45) is 4.80. The van der Waals surface area contributed by atoms with E-state index in [-0.39, 0.29) is 17.5 Å². The van der Waals surface area contributed by atoms with E-state index in [2.05, 4.69) is 34.1 Å². The van der Waals surface area contributed by atoms with Crippen LogP contribution in [0.3, 0.4) is 0 Å². The maximum Gasteiger partial charge on any atom is 0.192 e. The molecule has 0 bridgehead atoms. The Kier molecular flexibility index (Phi) is 4.02. The van der Waals surface area contributed by atoms with E-state index in [1.54, 1.807) is 0 Å². The Morgan fingerprint density at radius 2 is 2.04 bits per heavy atom. The number of nitrogens with two attached hydrogens (primary N) is 1. The molecule has 0 saturated carbocycles. The maximum absolute atomic E-state index is 9.83. The molecule has 0 amide bonds. The molecule has 4 nitrogen and oxygen atoms in total. The first-order valence-corrected chi connectivity index (χ1v) is 8.93. The molecule has 1 heterocycles. The summed E-state index contributed by atoms with van der Waals surface area (Å²) in [5, 5.41) is 31.1. The van der Waals surface area contributed by atoms with Gasteiger partial charge in [-0.15, -0.1) is 11.3 Å². The molecular formula is C17H13BrN4S. The van der Waals surface area contributed by atoms with E-state index in [1.165, 1.54) is 11.3 Å². The first-order valence-electron chi connectivity index (χ1n) is 7.26. The second-order valence-electron chi connectivity index (χ2n) is 5.77. The number of nitriles is 3. The molecule has 0 aromatic carbocycles. The quantitative estimate of drug-likeness (QED) is 0.787. The van der Waals surface area contributed by atoms with Crippen molar-refractivity contribution in [2.24, 2.45) is 17.1 Å². The van der Waals surface area contributed by atoms with E-state index in [1.807, 2.05) is 17.5 Å². The summed E-state index contributed by atoms with van der Waals surface area (Å²) >= 11 is 4.96. The lowest BCUT2D eigenvalue weighted by molar-refractivity contribution is 0.321. The number of thiophene rings is 1. The normalized spacial score (nSPS) is 25.6. The monoisotopic (exact) mass is 384 g/mol. The minimum Gasteiger partial charge on any atom is -0.399 e. The lowest BCUT2D eigenvalue weighted by Gasteiger charge is -2.42. The van der Waals surface area contributed by atoms with Crippen LogP contribution in [0.15, 0.2) is 38.8 Å². The molecule has 114 valence electrons. The van der Waals surface area contributed by atoms with Crippen LogP contribution in [-0.4, -0.2) is 0 Å². The van der Waals surface area contributed by atoms with Crippen LogP contribution >= 0.6 is 27.3 Å². The van der Waals surface area contributed by atoms with Gasteiger partial charge in [-0.25, -0.2) is 0 Å². The Bertz CT molecular complexity index is 829. The van der Waals surface area contributed by atoms with Gasteiger partial charge in [0.1, 0.15) is 6.07 Å². The number of hydrogen-bond acceptors (Lipinski definition) is 5. The van der Waals surface area contributed by atoms with E-state index < -0.39 is 5.41 Å². The van der Waals surface area contributed by atoms with Crippen molar-refractivity contribution < 1.29 is 0 Å². The molecule has 2 aliphatic carbocycles. The summed E-state index contributed by atoms with van der Waals surface area (Å²) in [5.74, 6) is -0.354. The van der Waals surface area contributed by atoms with Crippen LogP contribution in [-0.2, 0) is 0 Å². The fraction of sp³-hybridized carbons (Fsp3) is 0.353. The fourth-order valence-corrected chi connectivity index (χ4v) is 5.35. The van der Waals surface area contributed by atoms with Gasteiger partial charge in [-0.1, -0.05) is 6.08 Å². The highest BCUT2D eigenvalue weighted by molar-refractivity contribution is 9.10. The summed E-state index contributed by atoms with van der Waals surface area (Å²) in [5.41, 5.74) is 6.04. The molecule has 2 aliphatic rings. The zero-order valence-corrected chi connectivity index (χ0v) is 14.6. The van der Waals surface area contributed by atoms with Gasteiger partial charge in [0.05, 0.1) is 23.4 Å². The van der Waals surface area contributed by atoms with Crippen molar-refractivity contribution in [1.82, 2.24) is 0 Å². The highest BCUT2D eigenvalue weighted by Crippen LogP contribution is 2.56. The van der Waals surface area contributed by atoms with Gasteiger partial charge in [-0.05, 0) is 52.7 Å². The van der Waals surface area contributed by atoms with Crippen LogP contribution in [0, 0.1) is 45.3 Å². The van der Waals surface area contributed by atoms with Crippen molar-refractivity contribution in [3.63, 3.8) is 0 Å². The third-order valence-electron chi connectivity index (χ3n) is 4.69. The summed E-state index contributed by atoms with van der Waals surface area (Å²) in [6.45, 7) is 0. The van der Waals surface area contributed by atoms with E-state index in [0.29, 0.717) is 5.57 Å². The Morgan fingerprint density at radius 1 is 1.30 bits per heavy atom. The lowest BCUT2D eigenvalue weighted by Crippen LogP contribution is -2.42. The minimum absolute atomic E-state index is 0.0180. The molecular weight excluding hydrogens is 372 g/mol. The molecule has 0 fully saturated rings. The van der Waals surface area contributed by atoms with Gasteiger partial charge < -0.3 is 5.73 Å². The molecule has 0 saturated heterocycles. The molecule has 0 spiro atoms. The Hall–Kier alpha value is -2.07. The average molecular weight is 385 g/mol. The second kappa shape index (κ2) is 5.85. The predicted molar refractivity (Wildman–Crippen MR) is 90.7 cm³/mol. The van der Waals surface area contributed by atoms with Gasteiger partial charge in [0.25, 0.3) is 0 Å². The molecule has 0 radical (unpaired) electrons. The van der Waals surface area contributed by atoms with Crippen molar-refractivity contribution in [1.29, 1.82) is 15.8 Å². The van der Waals surface area contributed by atoms with E-state index in [9.17, 15) is 15.8 Å². The molecule has 1 aromatic heterocycles. The third kappa shape index (κ3) is 2.20. The standard InChI is InChI=1S/C17H13BrN4S/c18-10-5-14(23-7-10)15-12-4-2-1-3-11(12)13(6-19)16(22)17(15,8-20)9-21/h3,5,7,12,15H,1-2,4,22H2. The molecule has 2 N–H and O–H groups in total. The molecule has 0 aliphatic heterocycles. The molecule has 1 aromatic rings. The van der Waals surface area contributed by atoms with E-state index >= 15 is 0 Å². The number of nitrogens with zero attached hydrogens (tertiary/aromatic N) is 3. The molecule has 6 heteroatoms. The number of allylic oxidation sites excluding steroid dienone is 4. The molecule has 23 heavy (non-hydrogen) atoms. The van der Waals surface area contributed by atoms with E-state index in [0.717, 1.165) is 34.2 Å². The smallest absolute Gasteiger partial charge is 0.192 e. The highest BCUT2D eigenvalue weighted by Gasteiger charge is 2.54. The van der Waals surface area contributed by atoms with Crippen LogP contribution in [0.2, 0.25) is 0 Å². The molecule has 2 atom stereocenters. The van der Waals surface area contributed by atoms with Crippen molar-refractivity contribution in [2.45, 2.75) is 25.2 Å². The Labute approximate surface area is 147 Å². The second-order valence-corrected chi connectivity index (χ2v) is 7.63. The van der Waals surface area contributed by atoms with Crippen LogP contribution in [0.5, 0.6) is 0 Å². The molecule has 2 unspecified atom stereocenters. The lowest BCUT2D eigenvalue weighted by atomic mass is 9.58. The zero-order chi connectivity index (χ0) is 16.6. The van der Waals surface area contributed by atoms with Gasteiger partial charge in [-0.3, -0.25) is 0 Å².